The molecule has 0 amide bonds. The van der Waals surface area contributed by atoms with Gasteiger partial charge in [-0.1, -0.05) is 12.1 Å². The van der Waals surface area contributed by atoms with Gasteiger partial charge in [0.05, 0.1) is 5.56 Å². The first kappa shape index (κ1) is 11.7. The molecule has 0 saturated heterocycles. The highest BCUT2D eigenvalue weighted by molar-refractivity contribution is 5.65. The van der Waals surface area contributed by atoms with E-state index in [0.717, 1.165) is 18.2 Å². The van der Waals surface area contributed by atoms with Gasteiger partial charge in [-0.2, -0.15) is 0 Å². The summed E-state index contributed by atoms with van der Waals surface area (Å²) in [6.07, 6.45) is 0. The molecule has 0 bridgehead atoms. The Labute approximate surface area is 96.7 Å². The monoisotopic (exact) mass is 237 g/mol. The highest BCUT2D eigenvalue weighted by Gasteiger charge is 2.12. The van der Waals surface area contributed by atoms with E-state index in [1.54, 1.807) is 0 Å². The second kappa shape index (κ2) is 4.59. The number of nitrogens with two attached hydrogens (primary N) is 1. The van der Waals surface area contributed by atoms with E-state index in [2.05, 4.69) is 0 Å². The smallest absolute Gasteiger partial charge is 0.133 e. The molecule has 0 spiro atoms. The summed E-state index contributed by atoms with van der Waals surface area (Å²) in [5.41, 5.74) is 5.69. The number of halogens is 3. The van der Waals surface area contributed by atoms with Gasteiger partial charge in [-0.15, -0.1) is 0 Å². The van der Waals surface area contributed by atoms with Gasteiger partial charge in [0.2, 0.25) is 0 Å². The van der Waals surface area contributed by atoms with Gasteiger partial charge < -0.3 is 5.73 Å². The predicted octanol–water partition coefficient (Wildman–Crippen LogP) is 3.23. The van der Waals surface area contributed by atoms with E-state index in [4.69, 9.17) is 5.73 Å². The Morgan fingerprint density at radius 3 is 2.12 bits per heavy atom. The van der Waals surface area contributed by atoms with Crippen molar-refractivity contribution in [2.45, 2.75) is 6.54 Å². The van der Waals surface area contributed by atoms with Crippen LogP contribution in [0.1, 0.15) is 5.56 Å². The lowest BCUT2D eigenvalue weighted by Crippen LogP contribution is -2.00. The van der Waals surface area contributed by atoms with Crippen LogP contribution in [0, 0.1) is 17.5 Å². The number of benzene rings is 2. The maximum atomic E-state index is 13.5. The molecular weight excluding hydrogens is 227 g/mol. The van der Waals surface area contributed by atoms with E-state index in [0.29, 0.717) is 0 Å². The van der Waals surface area contributed by atoms with Crippen molar-refractivity contribution in [2.24, 2.45) is 5.73 Å². The van der Waals surface area contributed by atoms with Crippen molar-refractivity contribution in [1.29, 1.82) is 0 Å². The summed E-state index contributed by atoms with van der Waals surface area (Å²) >= 11 is 0. The van der Waals surface area contributed by atoms with Gasteiger partial charge in [-0.25, -0.2) is 13.2 Å². The molecule has 0 unspecified atom stereocenters. The minimum Gasteiger partial charge on any atom is -0.326 e. The molecule has 17 heavy (non-hydrogen) atoms. The summed E-state index contributed by atoms with van der Waals surface area (Å²) in [7, 11) is 0. The summed E-state index contributed by atoms with van der Waals surface area (Å²) < 4.78 is 40.2. The maximum Gasteiger partial charge on any atom is 0.133 e. The van der Waals surface area contributed by atoms with E-state index in [-0.39, 0.29) is 23.2 Å². The lowest BCUT2D eigenvalue weighted by Gasteiger charge is -2.07. The van der Waals surface area contributed by atoms with Gasteiger partial charge >= 0.3 is 0 Å². The average molecular weight is 237 g/mol. The van der Waals surface area contributed by atoms with Crippen LogP contribution in [0.5, 0.6) is 0 Å². The second-order valence-electron chi connectivity index (χ2n) is 3.61. The fourth-order valence-electron chi connectivity index (χ4n) is 1.66. The molecule has 0 heterocycles. The van der Waals surface area contributed by atoms with E-state index in [1.807, 2.05) is 0 Å². The normalized spacial score (nSPS) is 10.6. The van der Waals surface area contributed by atoms with Crippen LogP contribution in [0.15, 0.2) is 36.4 Å². The molecular formula is C13H10F3N. The topological polar surface area (TPSA) is 26.0 Å². The fourth-order valence-corrected chi connectivity index (χ4v) is 1.66. The molecule has 0 radical (unpaired) electrons. The van der Waals surface area contributed by atoms with Crippen LogP contribution in [0.4, 0.5) is 13.2 Å². The first-order valence-electron chi connectivity index (χ1n) is 5.06. The van der Waals surface area contributed by atoms with Crippen LogP contribution >= 0.6 is 0 Å². The van der Waals surface area contributed by atoms with Crippen molar-refractivity contribution in [3.05, 3.63) is 59.4 Å². The van der Waals surface area contributed by atoms with Crippen molar-refractivity contribution >= 4 is 0 Å². The highest BCUT2D eigenvalue weighted by Crippen LogP contribution is 2.27. The van der Waals surface area contributed by atoms with E-state index in [9.17, 15) is 13.2 Å². The van der Waals surface area contributed by atoms with E-state index < -0.39 is 17.5 Å². The lowest BCUT2D eigenvalue weighted by atomic mass is 10.0. The minimum atomic E-state index is -0.681. The van der Waals surface area contributed by atoms with Gasteiger partial charge in [0.1, 0.15) is 17.5 Å². The zero-order valence-corrected chi connectivity index (χ0v) is 8.88. The first-order valence-corrected chi connectivity index (χ1v) is 5.06. The fraction of sp³-hybridized carbons (Fsp3) is 0.0769. The molecule has 0 aliphatic rings. The van der Waals surface area contributed by atoms with Crippen molar-refractivity contribution in [3.8, 4) is 11.1 Å². The molecule has 88 valence electrons. The Balaban J connectivity index is 2.61. The predicted molar refractivity (Wildman–Crippen MR) is 59.6 cm³/mol. The summed E-state index contributed by atoms with van der Waals surface area (Å²) in [6, 6.07) is 7.44. The first-order chi connectivity index (χ1) is 8.13. The van der Waals surface area contributed by atoms with Gasteiger partial charge in [0, 0.05) is 12.1 Å². The zero-order valence-electron chi connectivity index (χ0n) is 8.88. The Kier molecular flexibility index (Phi) is 3.15. The third-order valence-corrected chi connectivity index (χ3v) is 2.52. The number of hydrogen-bond donors (Lipinski definition) is 1. The van der Waals surface area contributed by atoms with Crippen LogP contribution in [-0.2, 0) is 6.54 Å². The number of rotatable bonds is 2. The van der Waals surface area contributed by atoms with Crippen LogP contribution < -0.4 is 5.73 Å². The molecule has 0 saturated carbocycles. The molecule has 0 aliphatic heterocycles. The summed E-state index contributed by atoms with van der Waals surface area (Å²) in [5.74, 6) is -1.84. The largest absolute Gasteiger partial charge is 0.326 e. The van der Waals surface area contributed by atoms with Crippen molar-refractivity contribution in [3.63, 3.8) is 0 Å². The average Bonchev–Trinajstić information content (AvgIpc) is 2.31. The molecule has 2 N–H and O–H groups in total. The zero-order chi connectivity index (χ0) is 12.4. The lowest BCUT2D eigenvalue weighted by molar-refractivity contribution is 0.588. The van der Waals surface area contributed by atoms with Crippen LogP contribution in [0.25, 0.3) is 11.1 Å². The summed E-state index contributed by atoms with van der Waals surface area (Å²) in [4.78, 5) is 0. The van der Waals surface area contributed by atoms with E-state index in [1.165, 1.54) is 18.2 Å². The van der Waals surface area contributed by atoms with Crippen molar-refractivity contribution < 1.29 is 13.2 Å². The van der Waals surface area contributed by atoms with E-state index >= 15 is 0 Å². The Bertz CT molecular complexity index is 532. The van der Waals surface area contributed by atoms with Crippen molar-refractivity contribution in [1.82, 2.24) is 0 Å². The van der Waals surface area contributed by atoms with Gasteiger partial charge in [0.25, 0.3) is 0 Å². The minimum absolute atomic E-state index is 0.0181. The third kappa shape index (κ3) is 2.17. The SMILES string of the molecule is NCc1cc(-c2c(F)cccc2F)ccc1F. The van der Waals surface area contributed by atoms with Gasteiger partial charge in [0.15, 0.2) is 0 Å². The highest BCUT2D eigenvalue weighted by atomic mass is 19.1. The standard InChI is InChI=1S/C13H10F3N/c14-10-5-4-8(6-9(10)7-17)13-11(15)2-1-3-12(13)16/h1-6H,7,17H2. The molecule has 0 aromatic heterocycles. The molecule has 0 atom stereocenters. The molecule has 2 rings (SSSR count). The quantitative estimate of drug-likeness (QED) is 0.852. The number of hydrogen-bond acceptors (Lipinski definition) is 1. The summed E-state index contributed by atoms with van der Waals surface area (Å²) in [5, 5.41) is 0. The third-order valence-electron chi connectivity index (χ3n) is 2.52. The van der Waals surface area contributed by atoms with Gasteiger partial charge in [-0.3, -0.25) is 0 Å². The molecule has 4 heteroatoms. The molecule has 0 fully saturated rings. The van der Waals surface area contributed by atoms with Crippen LogP contribution in [0.2, 0.25) is 0 Å². The molecule has 0 aliphatic carbocycles. The van der Waals surface area contributed by atoms with Gasteiger partial charge in [-0.05, 0) is 29.8 Å². The van der Waals surface area contributed by atoms with Crippen molar-refractivity contribution in [2.75, 3.05) is 0 Å². The Morgan fingerprint density at radius 1 is 0.882 bits per heavy atom. The maximum absolute atomic E-state index is 13.5. The Hall–Kier alpha value is -1.81. The second-order valence-corrected chi connectivity index (χ2v) is 3.61. The van der Waals surface area contributed by atoms with Crippen LogP contribution in [-0.4, -0.2) is 0 Å². The van der Waals surface area contributed by atoms with Crippen LogP contribution in [0.3, 0.4) is 0 Å². The molecule has 1 nitrogen and oxygen atoms in total. The molecule has 2 aromatic rings. The Morgan fingerprint density at radius 2 is 1.53 bits per heavy atom. The summed E-state index contributed by atoms with van der Waals surface area (Å²) in [6.45, 7) is -0.0181. The molecule has 2 aromatic carbocycles.